The van der Waals surface area contributed by atoms with Crippen molar-refractivity contribution in [3.63, 3.8) is 0 Å². The first-order chi connectivity index (χ1) is 35.7. The number of rotatable bonds is 59. The lowest BCUT2D eigenvalue weighted by Gasteiger charge is -2.20. The predicted molar refractivity (Wildman–Crippen MR) is 322 cm³/mol. The van der Waals surface area contributed by atoms with Crippen molar-refractivity contribution in [2.45, 2.75) is 347 Å². The topological polar surface area (TPSA) is 69.6 Å². The molecule has 420 valence electrons. The lowest BCUT2D eigenvalue weighted by molar-refractivity contribution is -0.123. The molecule has 0 saturated heterocycles. The number of aliphatic hydroxyl groups is 2. The maximum Gasteiger partial charge on any atom is 0.220 e. The molecule has 4 nitrogen and oxygen atoms in total. The summed E-state index contributed by atoms with van der Waals surface area (Å²) in [6.07, 6.45) is 91.0. The molecular formula is C68H125NO3. The lowest BCUT2D eigenvalue weighted by atomic mass is 10.0. The summed E-state index contributed by atoms with van der Waals surface area (Å²) < 4.78 is 0. The molecule has 4 heteroatoms. The van der Waals surface area contributed by atoms with Gasteiger partial charge in [0.15, 0.2) is 0 Å². The highest BCUT2D eigenvalue weighted by atomic mass is 16.3. The van der Waals surface area contributed by atoms with Crippen molar-refractivity contribution in [2.75, 3.05) is 6.61 Å². The van der Waals surface area contributed by atoms with Crippen molar-refractivity contribution in [1.29, 1.82) is 0 Å². The van der Waals surface area contributed by atoms with Crippen LogP contribution in [0.15, 0.2) is 72.9 Å². The Labute approximate surface area is 450 Å². The average Bonchev–Trinajstić information content (AvgIpc) is 3.39. The number of carbonyl (C=O) groups excluding carboxylic acids is 1. The standard InChI is InChI=1S/C68H125NO3/c1-3-5-7-9-11-13-15-17-19-21-23-25-27-29-30-31-32-33-34-35-36-37-38-40-42-44-46-48-50-52-54-56-58-60-62-64-68(72)69-66(65-70)67(71)63-61-59-57-55-53-51-49-47-45-43-41-39-28-26-24-22-20-18-16-14-12-10-8-6-4-2/h5,7,11,13,17,19,23,25,29-30,61,63,66-67,70-71H,3-4,6,8-10,12,14-16,18,20-22,24,26-28,31-60,62,64-65H2,1-2H3,(H,69,72)/b7-5-,13-11-,19-17-,25-23-,30-29-,63-61+. The van der Waals surface area contributed by atoms with Gasteiger partial charge in [-0.05, 0) is 64.2 Å². The summed E-state index contributed by atoms with van der Waals surface area (Å²) in [6, 6.07) is -0.625. The first kappa shape index (κ1) is 69.8. The Bertz CT molecular complexity index is 1230. The largest absolute Gasteiger partial charge is 0.394 e. The van der Waals surface area contributed by atoms with Gasteiger partial charge in [0.05, 0.1) is 18.8 Å². The number of unbranched alkanes of at least 4 members (excludes halogenated alkanes) is 42. The minimum atomic E-state index is -0.842. The molecule has 1 amide bonds. The Kier molecular flexibility index (Phi) is 61.2. The molecule has 0 aliphatic rings. The van der Waals surface area contributed by atoms with Crippen molar-refractivity contribution in [3.05, 3.63) is 72.9 Å². The Morgan fingerprint density at radius 1 is 0.347 bits per heavy atom. The van der Waals surface area contributed by atoms with Crippen molar-refractivity contribution < 1.29 is 15.0 Å². The quantitative estimate of drug-likeness (QED) is 0.0420. The zero-order valence-corrected chi connectivity index (χ0v) is 48.4. The van der Waals surface area contributed by atoms with Gasteiger partial charge in [0, 0.05) is 6.42 Å². The summed E-state index contributed by atoms with van der Waals surface area (Å²) in [5.41, 5.74) is 0. The molecule has 2 atom stereocenters. The van der Waals surface area contributed by atoms with E-state index < -0.39 is 12.1 Å². The van der Waals surface area contributed by atoms with Crippen LogP contribution in [-0.2, 0) is 4.79 Å². The van der Waals surface area contributed by atoms with Gasteiger partial charge in [0.25, 0.3) is 0 Å². The van der Waals surface area contributed by atoms with E-state index in [4.69, 9.17) is 0 Å². The first-order valence-electron chi connectivity index (χ1n) is 32.2. The second kappa shape index (κ2) is 63.1. The van der Waals surface area contributed by atoms with E-state index in [0.717, 1.165) is 57.8 Å². The molecule has 0 saturated carbocycles. The van der Waals surface area contributed by atoms with Crippen LogP contribution in [0.3, 0.4) is 0 Å². The molecule has 3 N–H and O–H groups in total. The molecule has 0 aliphatic heterocycles. The minimum Gasteiger partial charge on any atom is -0.394 e. The number of amides is 1. The SMILES string of the molecule is CC/C=C\C/C=C\C/C=C\C/C=C\C/C=C\CCCCCCCCCCCCCCCCCCCCCC(=O)NC(CO)C(O)/C=C/CCCCCCCCCCCCCCCCCCCCCCCCC. The monoisotopic (exact) mass is 1000 g/mol. The molecule has 0 heterocycles. The van der Waals surface area contributed by atoms with Crippen LogP contribution in [0.5, 0.6) is 0 Å². The highest BCUT2D eigenvalue weighted by molar-refractivity contribution is 5.76. The molecule has 2 unspecified atom stereocenters. The van der Waals surface area contributed by atoms with Crippen molar-refractivity contribution >= 4 is 5.91 Å². The third-order valence-electron chi connectivity index (χ3n) is 14.7. The van der Waals surface area contributed by atoms with Crippen LogP contribution in [0.25, 0.3) is 0 Å². The number of aliphatic hydroxyl groups excluding tert-OH is 2. The van der Waals surface area contributed by atoms with Crippen LogP contribution in [0, 0.1) is 0 Å². The molecule has 0 bridgehead atoms. The van der Waals surface area contributed by atoms with Crippen molar-refractivity contribution in [3.8, 4) is 0 Å². The Balaban J connectivity index is 3.46. The lowest BCUT2D eigenvalue weighted by Crippen LogP contribution is -2.45. The van der Waals surface area contributed by atoms with Crippen LogP contribution < -0.4 is 5.32 Å². The highest BCUT2D eigenvalue weighted by Crippen LogP contribution is 2.18. The fraction of sp³-hybridized carbons (Fsp3) is 0.809. The highest BCUT2D eigenvalue weighted by Gasteiger charge is 2.18. The number of hydrogen-bond donors (Lipinski definition) is 3. The smallest absolute Gasteiger partial charge is 0.220 e. The van der Waals surface area contributed by atoms with E-state index in [2.05, 4.69) is 79.9 Å². The van der Waals surface area contributed by atoms with Gasteiger partial charge in [-0.15, -0.1) is 0 Å². The molecule has 72 heavy (non-hydrogen) atoms. The van der Waals surface area contributed by atoms with E-state index in [1.54, 1.807) is 6.08 Å². The molecule has 0 rings (SSSR count). The predicted octanol–water partition coefficient (Wildman–Crippen LogP) is 21.7. The molecule has 0 aromatic heterocycles. The molecule has 0 fully saturated rings. The maximum atomic E-state index is 12.5. The summed E-state index contributed by atoms with van der Waals surface area (Å²) in [5.74, 6) is -0.0595. The van der Waals surface area contributed by atoms with Gasteiger partial charge >= 0.3 is 0 Å². The van der Waals surface area contributed by atoms with E-state index in [0.29, 0.717) is 6.42 Å². The van der Waals surface area contributed by atoms with E-state index in [-0.39, 0.29) is 12.5 Å². The van der Waals surface area contributed by atoms with E-state index in [1.807, 2.05) is 6.08 Å². The van der Waals surface area contributed by atoms with Crippen LogP contribution in [0.1, 0.15) is 335 Å². The number of allylic oxidation sites excluding steroid dienone is 11. The molecular weight excluding hydrogens is 879 g/mol. The van der Waals surface area contributed by atoms with Gasteiger partial charge in [0.2, 0.25) is 5.91 Å². The van der Waals surface area contributed by atoms with Gasteiger partial charge in [-0.2, -0.15) is 0 Å². The summed E-state index contributed by atoms with van der Waals surface area (Å²) in [5, 5.41) is 23.3. The average molecular weight is 1000 g/mol. The van der Waals surface area contributed by atoms with Crippen LogP contribution in [-0.4, -0.2) is 34.9 Å². The number of nitrogens with one attached hydrogen (secondary N) is 1. The zero-order chi connectivity index (χ0) is 52.0. The summed E-state index contributed by atoms with van der Waals surface area (Å²) in [6.45, 7) is 4.23. The van der Waals surface area contributed by atoms with Gasteiger partial charge in [-0.3, -0.25) is 4.79 Å². The van der Waals surface area contributed by atoms with E-state index >= 15 is 0 Å². The summed E-state index contributed by atoms with van der Waals surface area (Å²) in [4.78, 5) is 12.5. The van der Waals surface area contributed by atoms with Crippen molar-refractivity contribution in [2.24, 2.45) is 0 Å². The van der Waals surface area contributed by atoms with Crippen molar-refractivity contribution in [1.82, 2.24) is 5.32 Å². The van der Waals surface area contributed by atoms with Gasteiger partial charge in [0.1, 0.15) is 0 Å². The summed E-state index contributed by atoms with van der Waals surface area (Å²) >= 11 is 0. The molecule has 0 aromatic carbocycles. The van der Waals surface area contributed by atoms with Crippen LogP contribution in [0.4, 0.5) is 0 Å². The summed E-state index contributed by atoms with van der Waals surface area (Å²) in [7, 11) is 0. The maximum absolute atomic E-state index is 12.5. The number of carbonyl (C=O) groups is 1. The van der Waals surface area contributed by atoms with Crippen LogP contribution >= 0.6 is 0 Å². The Morgan fingerprint density at radius 2 is 0.611 bits per heavy atom. The van der Waals surface area contributed by atoms with Gasteiger partial charge in [-0.1, -0.05) is 337 Å². The Morgan fingerprint density at radius 3 is 0.917 bits per heavy atom. The third kappa shape index (κ3) is 58.7. The number of hydrogen-bond acceptors (Lipinski definition) is 3. The fourth-order valence-corrected chi connectivity index (χ4v) is 9.86. The zero-order valence-electron chi connectivity index (χ0n) is 48.4. The molecule has 0 aliphatic carbocycles. The molecule has 0 spiro atoms. The third-order valence-corrected chi connectivity index (χ3v) is 14.7. The van der Waals surface area contributed by atoms with Gasteiger partial charge < -0.3 is 15.5 Å². The second-order valence-corrected chi connectivity index (χ2v) is 21.8. The van der Waals surface area contributed by atoms with Crippen LogP contribution in [0.2, 0.25) is 0 Å². The normalized spacial score (nSPS) is 13.2. The fourth-order valence-electron chi connectivity index (χ4n) is 9.86. The second-order valence-electron chi connectivity index (χ2n) is 21.8. The van der Waals surface area contributed by atoms with E-state index in [1.165, 1.54) is 257 Å². The van der Waals surface area contributed by atoms with E-state index in [9.17, 15) is 15.0 Å². The van der Waals surface area contributed by atoms with Gasteiger partial charge in [-0.25, -0.2) is 0 Å². The molecule has 0 aromatic rings. The first-order valence-corrected chi connectivity index (χ1v) is 32.2. The Hall–Kier alpha value is -2.17. The minimum absolute atomic E-state index is 0.0595. The molecule has 0 radical (unpaired) electrons.